The Bertz CT molecular complexity index is 823. The number of methoxy groups -OCH3 is 1. The second-order valence-corrected chi connectivity index (χ2v) is 6.28. The van der Waals surface area contributed by atoms with Crippen molar-refractivity contribution in [1.82, 2.24) is 4.98 Å². The molecule has 0 aliphatic heterocycles. The molecule has 0 unspecified atom stereocenters. The SMILES string of the molecule is COc1cc(NS(=O)(=O)c2cncc(Cl)c2)ccc1C(=O)O. The average molecular weight is 343 g/mol. The Balaban J connectivity index is 2.36. The van der Waals surface area contributed by atoms with Crippen LogP contribution in [-0.4, -0.2) is 31.6 Å². The van der Waals surface area contributed by atoms with Gasteiger partial charge in [0.25, 0.3) is 10.0 Å². The second-order valence-electron chi connectivity index (χ2n) is 4.16. The number of anilines is 1. The van der Waals surface area contributed by atoms with Crippen molar-refractivity contribution in [1.29, 1.82) is 0 Å². The summed E-state index contributed by atoms with van der Waals surface area (Å²) < 4.78 is 31.7. The van der Waals surface area contributed by atoms with Crippen molar-refractivity contribution < 1.29 is 23.1 Å². The third-order valence-electron chi connectivity index (χ3n) is 2.67. The lowest BCUT2D eigenvalue weighted by atomic mass is 10.2. The van der Waals surface area contributed by atoms with Crippen LogP contribution in [0.4, 0.5) is 5.69 Å². The van der Waals surface area contributed by atoms with Crippen molar-refractivity contribution >= 4 is 33.3 Å². The highest BCUT2D eigenvalue weighted by atomic mass is 35.5. The minimum Gasteiger partial charge on any atom is -0.496 e. The van der Waals surface area contributed by atoms with Gasteiger partial charge in [-0.3, -0.25) is 9.71 Å². The maximum Gasteiger partial charge on any atom is 0.339 e. The smallest absolute Gasteiger partial charge is 0.339 e. The molecule has 0 fully saturated rings. The number of carbonyl (C=O) groups is 1. The van der Waals surface area contributed by atoms with E-state index in [-0.39, 0.29) is 26.9 Å². The maximum absolute atomic E-state index is 12.2. The van der Waals surface area contributed by atoms with E-state index in [2.05, 4.69) is 9.71 Å². The first-order valence-electron chi connectivity index (χ1n) is 5.88. The molecule has 0 amide bonds. The van der Waals surface area contributed by atoms with Crippen molar-refractivity contribution in [3.05, 3.63) is 47.2 Å². The Labute approximate surface area is 131 Å². The molecule has 0 aliphatic carbocycles. The molecular formula is C13H11ClN2O5S. The Morgan fingerprint density at radius 3 is 2.64 bits per heavy atom. The van der Waals surface area contributed by atoms with Gasteiger partial charge in [-0.25, -0.2) is 13.2 Å². The first-order valence-corrected chi connectivity index (χ1v) is 7.74. The third kappa shape index (κ3) is 3.46. The molecule has 1 aromatic heterocycles. The van der Waals surface area contributed by atoms with E-state index in [1.165, 1.54) is 37.6 Å². The summed E-state index contributed by atoms with van der Waals surface area (Å²) in [5.74, 6) is -1.14. The highest BCUT2D eigenvalue weighted by Crippen LogP contribution is 2.25. The van der Waals surface area contributed by atoms with Gasteiger partial charge in [0.05, 0.1) is 17.8 Å². The van der Waals surface area contributed by atoms with E-state index in [1.54, 1.807) is 0 Å². The van der Waals surface area contributed by atoms with Crippen LogP contribution in [-0.2, 0) is 10.0 Å². The summed E-state index contributed by atoms with van der Waals surface area (Å²) in [5.41, 5.74) is 0.0803. The van der Waals surface area contributed by atoms with Crippen LogP contribution < -0.4 is 9.46 Å². The maximum atomic E-state index is 12.2. The van der Waals surface area contributed by atoms with Crippen LogP contribution in [0.5, 0.6) is 5.75 Å². The lowest BCUT2D eigenvalue weighted by molar-refractivity contribution is 0.0693. The van der Waals surface area contributed by atoms with Crippen molar-refractivity contribution in [3.63, 3.8) is 0 Å². The van der Waals surface area contributed by atoms with Gasteiger partial charge in [-0.05, 0) is 18.2 Å². The van der Waals surface area contributed by atoms with E-state index in [9.17, 15) is 13.2 Å². The summed E-state index contributed by atoms with van der Waals surface area (Å²) >= 11 is 5.72. The van der Waals surface area contributed by atoms with Crippen LogP contribution in [0.1, 0.15) is 10.4 Å². The topological polar surface area (TPSA) is 106 Å². The predicted molar refractivity (Wildman–Crippen MR) is 80.0 cm³/mol. The van der Waals surface area contributed by atoms with Crippen molar-refractivity contribution in [2.75, 3.05) is 11.8 Å². The average Bonchev–Trinajstić information content (AvgIpc) is 2.46. The summed E-state index contributed by atoms with van der Waals surface area (Å²) in [6.45, 7) is 0. The van der Waals surface area contributed by atoms with Gasteiger partial charge in [0.2, 0.25) is 0 Å². The van der Waals surface area contributed by atoms with Gasteiger partial charge in [-0.15, -0.1) is 0 Å². The van der Waals surface area contributed by atoms with Gasteiger partial charge >= 0.3 is 5.97 Å². The lowest BCUT2D eigenvalue weighted by Crippen LogP contribution is -2.13. The molecule has 1 heterocycles. The van der Waals surface area contributed by atoms with Gasteiger partial charge in [-0.1, -0.05) is 11.6 Å². The standard InChI is InChI=1S/C13H11ClN2O5S/c1-21-12-5-9(2-3-11(12)13(17)18)16-22(19,20)10-4-8(14)6-15-7-10/h2-7,16H,1H3,(H,17,18). The summed E-state index contributed by atoms with van der Waals surface area (Å²) in [7, 11) is -2.60. The number of hydrogen-bond donors (Lipinski definition) is 2. The number of pyridine rings is 1. The van der Waals surface area contributed by atoms with Gasteiger partial charge in [0.15, 0.2) is 0 Å². The molecule has 0 bridgehead atoms. The Hall–Kier alpha value is -2.32. The van der Waals surface area contributed by atoms with Gasteiger partial charge in [0.1, 0.15) is 16.2 Å². The number of aromatic carboxylic acids is 1. The molecule has 9 heteroatoms. The molecule has 0 atom stereocenters. The summed E-state index contributed by atoms with van der Waals surface area (Å²) in [6.07, 6.45) is 2.46. The number of nitrogens with one attached hydrogen (secondary N) is 1. The van der Waals surface area contributed by atoms with Crippen LogP contribution in [0.3, 0.4) is 0 Å². The van der Waals surface area contributed by atoms with E-state index in [1.807, 2.05) is 0 Å². The summed E-state index contributed by atoms with van der Waals surface area (Å²) in [4.78, 5) is 14.6. The molecular weight excluding hydrogens is 332 g/mol. The molecule has 0 saturated carbocycles. The molecule has 22 heavy (non-hydrogen) atoms. The van der Waals surface area contributed by atoms with Crippen molar-refractivity contribution in [2.45, 2.75) is 4.90 Å². The minimum atomic E-state index is -3.89. The van der Waals surface area contributed by atoms with E-state index in [0.717, 1.165) is 6.20 Å². The van der Waals surface area contributed by atoms with E-state index < -0.39 is 16.0 Å². The molecule has 0 aliphatic rings. The number of halogens is 1. The quantitative estimate of drug-likeness (QED) is 0.863. The highest BCUT2D eigenvalue weighted by Gasteiger charge is 2.17. The Kier molecular flexibility index (Phi) is 4.53. The Morgan fingerprint density at radius 1 is 1.32 bits per heavy atom. The molecule has 0 saturated heterocycles. The van der Waals surface area contributed by atoms with Crippen LogP contribution in [0.15, 0.2) is 41.6 Å². The first kappa shape index (κ1) is 16.1. The molecule has 0 spiro atoms. The van der Waals surface area contributed by atoms with Crippen molar-refractivity contribution in [2.24, 2.45) is 0 Å². The number of benzene rings is 1. The molecule has 116 valence electrons. The largest absolute Gasteiger partial charge is 0.496 e. The predicted octanol–water partition coefficient (Wildman–Crippen LogP) is 2.24. The number of nitrogens with zero attached hydrogens (tertiary/aromatic N) is 1. The number of aromatic nitrogens is 1. The van der Waals surface area contributed by atoms with Crippen LogP contribution in [0.2, 0.25) is 5.02 Å². The van der Waals surface area contributed by atoms with Crippen LogP contribution >= 0.6 is 11.6 Å². The molecule has 2 N–H and O–H groups in total. The summed E-state index contributed by atoms with van der Waals surface area (Å²) in [6, 6.07) is 5.09. The third-order valence-corrected chi connectivity index (χ3v) is 4.23. The molecule has 2 rings (SSSR count). The fourth-order valence-electron chi connectivity index (χ4n) is 1.68. The fraction of sp³-hybridized carbons (Fsp3) is 0.0769. The number of hydrogen-bond acceptors (Lipinski definition) is 5. The van der Waals surface area contributed by atoms with E-state index in [4.69, 9.17) is 21.4 Å². The fourth-order valence-corrected chi connectivity index (χ4v) is 2.96. The lowest BCUT2D eigenvalue weighted by Gasteiger charge is -2.11. The number of sulfonamides is 1. The van der Waals surface area contributed by atoms with E-state index >= 15 is 0 Å². The number of carboxylic acid groups (broad SMARTS) is 1. The highest BCUT2D eigenvalue weighted by molar-refractivity contribution is 7.92. The first-order chi connectivity index (χ1) is 10.3. The zero-order valence-corrected chi connectivity index (χ0v) is 12.9. The number of ether oxygens (including phenoxy) is 1. The molecule has 2 aromatic rings. The monoisotopic (exact) mass is 342 g/mol. The summed E-state index contributed by atoms with van der Waals surface area (Å²) in [5, 5.41) is 9.17. The van der Waals surface area contributed by atoms with Gasteiger partial charge < -0.3 is 9.84 Å². The zero-order chi connectivity index (χ0) is 16.3. The van der Waals surface area contributed by atoms with Crippen LogP contribution in [0, 0.1) is 0 Å². The molecule has 1 aromatic carbocycles. The zero-order valence-electron chi connectivity index (χ0n) is 11.3. The Morgan fingerprint density at radius 2 is 2.05 bits per heavy atom. The number of carboxylic acids is 1. The van der Waals surface area contributed by atoms with Crippen molar-refractivity contribution in [3.8, 4) is 5.75 Å². The normalized spacial score (nSPS) is 11.0. The van der Waals surface area contributed by atoms with E-state index in [0.29, 0.717) is 0 Å². The van der Waals surface area contributed by atoms with Crippen LogP contribution in [0.25, 0.3) is 0 Å². The van der Waals surface area contributed by atoms with Gasteiger partial charge in [-0.2, -0.15) is 0 Å². The second kappa shape index (κ2) is 6.20. The molecule has 0 radical (unpaired) electrons. The molecule has 7 nitrogen and oxygen atoms in total. The minimum absolute atomic E-state index is 0.0388. The van der Waals surface area contributed by atoms with Gasteiger partial charge in [0, 0.05) is 18.5 Å². The number of rotatable bonds is 5.